The van der Waals surface area contributed by atoms with Gasteiger partial charge in [0.15, 0.2) is 0 Å². The molecule has 0 saturated carbocycles. The van der Waals surface area contributed by atoms with Crippen molar-refractivity contribution in [3.63, 3.8) is 0 Å². The molecular weight excluding hydrogens is 459 g/mol. The van der Waals surface area contributed by atoms with E-state index in [2.05, 4.69) is 83.5 Å². The van der Waals surface area contributed by atoms with E-state index in [1.54, 1.807) is 0 Å². The number of benzene rings is 3. The van der Waals surface area contributed by atoms with Crippen molar-refractivity contribution in [2.75, 3.05) is 26.3 Å². The maximum absolute atomic E-state index is 12.5. The lowest BCUT2D eigenvalue weighted by Crippen LogP contribution is -2.26. The Hall–Kier alpha value is -3.37. The minimum Gasteiger partial charge on any atom is -0.489 e. The first-order valence-corrected chi connectivity index (χ1v) is 13.6. The average molecular weight is 495 g/mol. The van der Waals surface area contributed by atoms with Crippen molar-refractivity contribution >= 4 is 22.0 Å². The highest BCUT2D eigenvalue weighted by Crippen LogP contribution is 2.41. The molecule has 1 unspecified atom stereocenters. The van der Waals surface area contributed by atoms with Gasteiger partial charge in [-0.1, -0.05) is 48.0 Å². The van der Waals surface area contributed by atoms with Crippen LogP contribution in [0.5, 0.6) is 5.75 Å². The molecule has 1 atom stereocenters. The highest BCUT2D eigenvalue weighted by molar-refractivity contribution is 6.01. The van der Waals surface area contributed by atoms with Crippen molar-refractivity contribution in [1.82, 2.24) is 9.88 Å². The molecule has 1 N–H and O–H groups in total. The summed E-state index contributed by atoms with van der Waals surface area (Å²) in [4.78, 5) is 5.70. The van der Waals surface area contributed by atoms with Gasteiger partial charge in [-0.3, -0.25) is 9.29 Å². The third-order valence-electron chi connectivity index (χ3n) is 7.89. The standard InChI is InChI=1S/C33H35FN2O/c1-23-6-13-31-26(20-23)4-2-5-30(27-8-7-24-14-17-35-32(24)21-27)33(31)25-9-11-28(12-10-25)37-29-15-19-36(22-29)18-3-16-34/h6-14,17,20-21,29,35H,2-5,15-16,18-19,22H2,1H3. The Labute approximate surface area is 219 Å². The van der Waals surface area contributed by atoms with Crippen molar-refractivity contribution in [3.8, 4) is 5.75 Å². The lowest BCUT2D eigenvalue weighted by Gasteiger charge is -2.19. The molecule has 2 aliphatic rings. The molecule has 4 heteroatoms. The molecule has 0 radical (unpaired) electrons. The number of allylic oxidation sites excluding steroid dienone is 1. The molecule has 0 amide bonds. The van der Waals surface area contributed by atoms with E-state index < -0.39 is 0 Å². The first-order chi connectivity index (χ1) is 18.2. The third-order valence-corrected chi connectivity index (χ3v) is 7.89. The predicted octanol–water partition coefficient (Wildman–Crippen LogP) is 7.58. The number of rotatable bonds is 7. The molecule has 1 fully saturated rings. The van der Waals surface area contributed by atoms with Crippen molar-refractivity contribution < 1.29 is 9.13 Å². The number of nitrogens with one attached hydrogen (secondary N) is 1. The van der Waals surface area contributed by atoms with Gasteiger partial charge in [0.05, 0.1) is 6.67 Å². The van der Waals surface area contributed by atoms with Gasteiger partial charge >= 0.3 is 0 Å². The fourth-order valence-electron chi connectivity index (χ4n) is 6.04. The van der Waals surface area contributed by atoms with Gasteiger partial charge in [0.25, 0.3) is 0 Å². The number of halogens is 1. The van der Waals surface area contributed by atoms with Gasteiger partial charge in [0.2, 0.25) is 0 Å². The summed E-state index contributed by atoms with van der Waals surface area (Å²) in [7, 11) is 0. The summed E-state index contributed by atoms with van der Waals surface area (Å²) >= 11 is 0. The predicted molar refractivity (Wildman–Crippen MR) is 151 cm³/mol. The second-order valence-electron chi connectivity index (χ2n) is 10.5. The SMILES string of the molecule is Cc1ccc2c(c1)CCCC(c1ccc3cc[nH]c3c1)=C2c1ccc(OC2CCN(CCCF)C2)cc1. The topological polar surface area (TPSA) is 28.3 Å². The maximum Gasteiger partial charge on any atom is 0.119 e. The zero-order valence-corrected chi connectivity index (χ0v) is 21.6. The number of aromatic amines is 1. The normalized spacial score (nSPS) is 18.3. The molecule has 37 heavy (non-hydrogen) atoms. The number of alkyl halides is 1. The largest absolute Gasteiger partial charge is 0.489 e. The molecule has 190 valence electrons. The number of ether oxygens (including phenoxy) is 1. The van der Waals surface area contributed by atoms with Crippen LogP contribution in [0.15, 0.2) is 72.9 Å². The average Bonchev–Trinajstić information content (AvgIpc) is 3.53. The summed E-state index contributed by atoms with van der Waals surface area (Å²) in [5, 5.41) is 1.24. The lowest BCUT2D eigenvalue weighted by atomic mass is 9.87. The summed E-state index contributed by atoms with van der Waals surface area (Å²) < 4.78 is 18.9. The number of aromatic nitrogens is 1. The van der Waals surface area contributed by atoms with Crippen molar-refractivity contribution in [2.24, 2.45) is 0 Å². The van der Waals surface area contributed by atoms with Gasteiger partial charge in [-0.25, -0.2) is 0 Å². The second-order valence-corrected chi connectivity index (χ2v) is 10.5. The Balaban J connectivity index is 1.35. The molecule has 1 aliphatic heterocycles. The number of aryl methyl sites for hydroxylation is 2. The molecule has 4 aromatic rings. The Kier molecular flexibility index (Phi) is 6.84. The van der Waals surface area contributed by atoms with Crippen LogP contribution in [0.2, 0.25) is 0 Å². The number of hydrogen-bond donors (Lipinski definition) is 1. The van der Waals surface area contributed by atoms with Gasteiger partial charge in [-0.2, -0.15) is 0 Å². The molecule has 1 aliphatic carbocycles. The Morgan fingerprint density at radius 1 is 0.973 bits per heavy atom. The van der Waals surface area contributed by atoms with E-state index in [0.717, 1.165) is 51.1 Å². The van der Waals surface area contributed by atoms with Crippen LogP contribution >= 0.6 is 0 Å². The lowest BCUT2D eigenvalue weighted by molar-refractivity contribution is 0.198. The summed E-state index contributed by atoms with van der Waals surface area (Å²) in [6.45, 7) is 4.62. The summed E-state index contributed by atoms with van der Waals surface area (Å²) in [6, 6.07) is 24.5. The van der Waals surface area contributed by atoms with Crippen LogP contribution in [0.1, 0.15) is 53.5 Å². The van der Waals surface area contributed by atoms with E-state index in [9.17, 15) is 4.39 Å². The fraction of sp³-hybridized carbons (Fsp3) is 0.333. The minimum atomic E-state index is -0.247. The Morgan fingerprint density at radius 2 is 1.84 bits per heavy atom. The number of hydrogen-bond acceptors (Lipinski definition) is 2. The quantitative estimate of drug-likeness (QED) is 0.287. The van der Waals surface area contributed by atoms with Crippen molar-refractivity contribution in [2.45, 2.75) is 45.1 Å². The van der Waals surface area contributed by atoms with Crippen LogP contribution in [0.4, 0.5) is 4.39 Å². The van der Waals surface area contributed by atoms with Crippen LogP contribution in [0.25, 0.3) is 22.0 Å². The zero-order chi connectivity index (χ0) is 25.2. The monoisotopic (exact) mass is 494 g/mol. The number of fused-ring (bicyclic) bond motifs is 2. The van der Waals surface area contributed by atoms with Gasteiger partial charge in [0, 0.05) is 31.3 Å². The first kappa shape index (κ1) is 24.0. The molecule has 2 heterocycles. The molecule has 3 aromatic carbocycles. The van der Waals surface area contributed by atoms with Crippen LogP contribution in [-0.2, 0) is 6.42 Å². The van der Waals surface area contributed by atoms with E-state index in [0.29, 0.717) is 6.42 Å². The van der Waals surface area contributed by atoms with Crippen LogP contribution in [0.3, 0.4) is 0 Å². The highest BCUT2D eigenvalue weighted by Gasteiger charge is 2.24. The van der Waals surface area contributed by atoms with Gasteiger partial charge < -0.3 is 9.72 Å². The van der Waals surface area contributed by atoms with Gasteiger partial charge in [-0.05, 0) is 102 Å². The number of nitrogens with zero attached hydrogens (tertiary/aromatic N) is 1. The van der Waals surface area contributed by atoms with E-state index in [-0.39, 0.29) is 12.8 Å². The Bertz CT molecular complexity index is 1420. The zero-order valence-electron chi connectivity index (χ0n) is 21.6. The third kappa shape index (κ3) is 5.08. The fourth-order valence-corrected chi connectivity index (χ4v) is 6.04. The number of H-pyrrole nitrogens is 1. The summed E-state index contributed by atoms with van der Waals surface area (Å²) in [5.41, 5.74) is 10.5. The van der Waals surface area contributed by atoms with E-state index >= 15 is 0 Å². The van der Waals surface area contributed by atoms with E-state index in [1.165, 1.54) is 49.9 Å². The highest BCUT2D eigenvalue weighted by atomic mass is 19.1. The van der Waals surface area contributed by atoms with Gasteiger partial charge in [0.1, 0.15) is 11.9 Å². The van der Waals surface area contributed by atoms with Crippen molar-refractivity contribution in [3.05, 3.63) is 101 Å². The molecule has 3 nitrogen and oxygen atoms in total. The number of likely N-dealkylation sites (tertiary alicyclic amines) is 1. The molecule has 0 bridgehead atoms. The summed E-state index contributed by atoms with van der Waals surface area (Å²) in [5.74, 6) is 0.911. The molecule has 0 spiro atoms. The first-order valence-electron chi connectivity index (χ1n) is 13.6. The van der Waals surface area contributed by atoms with Crippen molar-refractivity contribution in [1.29, 1.82) is 0 Å². The minimum absolute atomic E-state index is 0.175. The van der Waals surface area contributed by atoms with Gasteiger partial charge in [-0.15, -0.1) is 0 Å². The smallest absolute Gasteiger partial charge is 0.119 e. The van der Waals surface area contributed by atoms with Crippen LogP contribution in [0, 0.1) is 6.92 Å². The summed E-state index contributed by atoms with van der Waals surface area (Å²) in [6.07, 6.45) is 7.07. The van der Waals surface area contributed by atoms with E-state index in [1.807, 2.05) is 6.20 Å². The molecular formula is C33H35FN2O. The Morgan fingerprint density at radius 3 is 2.70 bits per heavy atom. The molecule has 1 aromatic heterocycles. The van der Waals surface area contributed by atoms with E-state index in [4.69, 9.17) is 4.74 Å². The van der Waals surface area contributed by atoms with Crippen LogP contribution < -0.4 is 4.74 Å². The van der Waals surface area contributed by atoms with Crippen LogP contribution in [-0.4, -0.2) is 42.3 Å². The molecule has 1 saturated heterocycles. The maximum atomic E-state index is 12.5. The molecule has 6 rings (SSSR count). The second kappa shape index (κ2) is 10.5.